The molecule has 0 aliphatic carbocycles. The number of methoxy groups -OCH3 is 3. The van der Waals surface area contributed by atoms with Crippen LogP contribution in [0.2, 0.25) is 0 Å². The molecule has 12 aromatic rings. The molecular formula is C101H112N8O9. The van der Waals surface area contributed by atoms with E-state index in [-0.39, 0.29) is 0 Å². The van der Waals surface area contributed by atoms with Gasteiger partial charge < -0.3 is 81.8 Å². The van der Waals surface area contributed by atoms with Crippen LogP contribution in [-0.4, -0.2) is 154 Å². The predicted octanol–water partition coefficient (Wildman–Crippen LogP) is 19.7. The minimum Gasteiger partial charge on any atom is -0.497 e. The van der Waals surface area contributed by atoms with Crippen molar-refractivity contribution in [3.05, 3.63) is 330 Å². The van der Waals surface area contributed by atoms with Crippen molar-refractivity contribution >= 4 is 45.5 Å². The molecule has 12 aromatic carbocycles. The molecule has 118 heavy (non-hydrogen) atoms. The molecule has 0 fully saturated rings. The minimum absolute atomic E-state index is 0.321. The lowest BCUT2D eigenvalue weighted by atomic mass is 10.1. The summed E-state index contributed by atoms with van der Waals surface area (Å²) in [6.07, 6.45) is 5.22. The largest absolute Gasteiger partial charge is 0.497 e. The van der Waals surface area contributed by atoms with Crippen molar-refractivity contribution < 1.29 is 42.6 Å². The molecule has 0 amide bonds. The van der Waals surface area contributed by atoms with E-state index in [0.29, 0.717) is 33.2 Å². The minimum atomic E-state index is 0.321. The van der Waals surface area contributed by atoms with Gasteiger partial charge in [0.2, 0.25) is 6.79 Å². The Morgan fingerprint density at radius 2 is 0.551 bits per heavy atom. The van der Waals surface area contributed by atoms with Crippen LogP contribution in [0.4, 0.5) is 45.5 Å². The number of nitrogens with zero attached hydrogens (tertiary/aromatic N) is 8. The zero-order valence-electron chi connectivity index (χ0n) is 69.4. The van der Waals surface area contributed by atoms with E-state index in [1.807, 2.05) is 60.7 Å². The van der Waals surface area contributed by atoms with Gasteiger partial charge in [0.15, 0.2) is 11.5 Å². The molecule has 0 atom stereocenters. The van der Waals surface area contributed by atoms with Gasteiger partial charge >= 0.3 is 0 Å². The second-order valence-corrected chi connectivity index (χ2v) is 30.4. The summed E-state index contributed by atoms with van der Waals surface area (Å²) < 4.78 is 51.0. The molecule has 5 aliphatic rings. The van der Waals surface area contributed by atoms with E-state index < -0.39 is 0 Å². The number of anilines is 8. The first-order valence-corrected chi connectivity index (χ1v) is 41.3. The summed E-state index contributed by atoms with van der Waals surface area (Å²) >= 11 is 0. The molecule has 0 saturated carbocycles. The van der Waals surface area contributed by atoms with Gasteiger partial charge in [0.1, 0.15) is 66.7 Å². The van der Waals surface area contributed by atoms with Gasteiger partial charge in [-0.15, -0.1) is 0 Å². The van der Waals surface area contributed by atoms with Crippen LogP contribution in [0.25, 0.3) is 0 Å². The fourth-order valence-electron chi connectivity index (χ4n) is 15.5. The highest BCUT2D eigenvalue weighted by molar-refractivity contribution is 5.76. The lowest BCUT2D eigenvalue weighted by Gasteiger charge is -2.28. The predicted molar refractivity (Wildman–Crippen MR) is 478 cm³/mol. The number of hydrogen-bond donors (Lipinski definition) is 0. The first kappa shape index (κ1) is 82.4. The Balaban J connectivity index is 0.000000129. The third kappa shape index (κ3) is 21.9. The normalized spacial score (nSPS) is 13.1. The van der Waals surface area contributed by atoms with Gasteiger partial charge in [-0.2, -0.15) is 0 Å². The highest BCUT2D eigenvalue weighted by atomic mass is 16.7. The number of ether oxygens (including phenoxy) is 9. The molecule has 610 valence electrons. The first-order chi connectivity index (χ1) is 58.0. The molecule has 0 bridgehead atoms. The smallest absolute Gasteiger partial charge is 0.231 e. The number of rotatable bonds is 28. The third-order valence-corrected chi connectivity index (χ3v) is 22.3. The van der Waals surface area contributed by atoms with Crippen molar-refractivity contribution in [1.29, 1.82) is 0 Å². The van der Waals surface area contributed by atoms with Crippen LogP contribution in [0.5, 0.6) is 51.7 Å². The maximum Gasteiger partial charge on any atom is 0.231 e. The maximum atomic E-state index is 6.08. The SMILES string of the molecule is CN(CCc1ccc2c(c1)OCO2)CCN1c2ccccc2COc2ccccc21.COc1ccc(CCCN(C)CCN2c3ccccc3COc3ccccc32)cc1.COc1ccc(CCN(C)CCN2c3ccccc3COc3ccccc32)cc1.COc1cccc(CCN(C)CCN2c3ccccc3COc3ccccc32)c1. The Kier molecular flexibility index (Phi) is 29.1. The number of aryl methyl sites for hydroxylation is 1. The fraction of sp³-hybridized carbons (Fsp3) is 0.287. The topological polar surface area (TPSA) is 109 Å². The molecule has 0 aromatic heterocycles. The zero-order valence-corrected chi connectivity index (χ0v) is 69.4. The van der Waals surface area contributed by atoms with E-state index >= 15 is 0 Å². The number of benzene rings is 12. The molecule has 0 saturated heterocycles. The van der Waals surface area contributed by atoms with Crippen molar-refractivity contribution in [2.75, 3.05) is 154 Å². The lowest BCUT2D eigenvalue weighted by Crippen LogP contribution is -2.32. The number of likely N-dealkylation sites (N-methyl/N-ethyl adjacent to an activating group) is 4. The molecule has 0 unspecified atom stereocenters. The average Bonchev–Trinajstić information content (AvgIpc) is 1.66. The van der Waals surface area contributed by atoms with Gasteiger partial charge in [-0.1, -0.05) is 164 Å². The average molecular weight is 1580 g/mol. The van der Waals surface area contributed by atoms with Gasteiger partial charge in [-0.3, -0.25) is 0 Å². The van der Waals surface area contributed by atoms with Crippen LogP contribution in [0.3, 0.4) is 0 Å². The van der Waals surface area contributed by atoms with E-state index in [1.165, 1.54) is 67.3 Å². The fourth-order valence-corrected chi connectivity index (χ4v) is 15.5. The number of para-hydroxylation sites is 12. The number of hydrogen-bond acceptors (Lipinski definition) is 17. The summed E-state index contributed by atoms with van der Waals surface area (Å²) in [5.41, 5.74) is 19.7. The Morgan fingerprint density at radius 1 is 0.246 bits per heavy atom. The third-order valence-electron chi connectivity index (χ3n) is 22.3. The monoisotopic (exact) mass is 1580 g/mol. The lowest BCUT2D eigenvalue weighted by molar-refractivity contribution is 0.174. The number of fused-ring (bicyclic) bond motifs is 9. The van der Waals surface area contributed by atoms with E-state index in [9.17, 15) is 0 Å². The Morgan fingerprint density at radius 3 is 0.924 bits per heavy atom. The van der Waals surface area contributed by atoms with Gasteiger partial charge in [-0.05, 0) is 210 Å². The van der Waals surface area contributed by atoms with Crippen molar-refractivity contribution in [1.82, 2.24) is 19.6 Å². The quantitative estimate of drug-likeness (QED) is 0.0464. The molecular weight excluding hydrogens is 1470 g/mol. The molecule has 5 heterocycles. The highest BCUT2D eigenvalue weighted by Gasteiger charge is 2.27. The summed E-state index contributed by atoms with van der Waals surface area (Å²) in [5, 5.41) is 0. The van der Waals surface area contributed by atoms with Gasteiger partial charge in [0, 0.05) is 117 Å². The summed E-state index contributed by atoms with van der Waals surface area (Å²) in [7, 11) is 13.9. The highest BCUT2D eigenvalue weighted by Crippen LogP contribution is 2.44. The molecule has 0 radical (unpaired) electrons. The summed E-state index contributed by atoms with van der Waals surface area (Å²) in [6, 6.07) is 98.7. The summed E-state index contributed by atoms with van der Waals surface area (Å²) in [4.78, 5) is 19.1. The van der Waals surface area contributed by atoms with E-state index in [4.69, 9.17) is 42.6 Å². The van der Waals surface area contributed by atoms with E-state index in [2.05, 4.69) is 292 Å². The van der Waals surface area contributed by atoms with E-state index in [0.717, 1.165) is 185 Å². The van der Waals surface area contributed by atoms with E-state index in [1.54, 1.807) is 21.3 Å². The zero-order chi connectivity index (χ0) is 81.2. The van der Waals surface area contributed by atoms with Gasteiger partial charge in [0.25, 0.3) is 0 Å². The Labute approximate surface area is 698 Å². The van der Waals surface area contributed by atoms with Gasteiger partial charge in [0.05, 0.1) is 44.1 Å². The van der Waals surface area contributed by atoms with Crippen LogP contribution in [-0.2, 0) is 52.1 Å². The van der Waals surface area contributed by atoms with Crippen molar-refractivity contribution in [2.45, 2.75) is 58.5 Å². The van der Waals surface area contributed by atoms with Crippen molar-refractivity contribution in [2.24, 2.45) is 0 Å². The summed E-state index contributed by atoms with van der Waals surface area (Å²) in [5.74, 6) is 8.23. The molecule has 5 aliphatic heterocycles. The van der Waals surface area contributed by atoms with Crippen LogP contribution < -0.4 is 62.2 Å². The van der Waals surface area contributed by atoms with Crippen LogP contribution in [0.1, 0.15) is 50.9 Å². The maximum absolute atomic E-state index is 6.08. The van der Waals surface area contributed by atoms with Crippen LogP contribution in [0, 0.1) is 0 Å². The van der Waals surface area contributed by atoms with Crippen LogP contribution in [0.15, 0.2) is 285 Å². The molecule has 17 nitrogen and oxygen atoms in total. The molecule has 17 rings (SSSR count). The Bertz CT molecular complexity index is 4970. The first-order valence-electron chi connectivity index (χ1n) is 41.3. The molecule has 0 N–H and O–H groups in total. The molecule has 0 spiro atoms. The standard InChI is InChI=1S/C26H30N2O2.C25H26N2O3.2C25H28N2O2/c1-27(17-7-8-21-13-15-23(29-2)16-14-21)18-19-28-24-10-4-3-9-22(24)20-30-26-12-6-5-11-25(26)28;1-26(13-12-19-10-11-24-25(16-19)30-18-29-24)14-15-27-21-7-3-2-6-20(21)17-28-23-9-5-4-8-22(23)27;1-26(15-14-20-8-7-10-22(18-20)28-2)16-17-27-23-11-4-3-9-21(23)19-29-25-13-6-5-12-24(25)27;1-26(16-15-20-11-13-22(28-2)14-12-20)17-18-27-23-8-4-3-7-21(23)19-29-25-10-6-5-9-24(25)27/h3-6,9-16H,7-8,17-20H2,1-2H3;2-11,16H,12-15,17-18H2,1H3;3-13,18H,14-17,19H2,1-2H3;3-14H,15-19H2,1-2H3. The van der Waals surface area contributed by atoms with Crippen LogP contribution >= 0.6 is 0 Å². The van der Waals surface area contributed by atoms with Gasteiger partial charge in [-0.25, -0.2) is 0 Å². The second-order valence-electron chi connectivity index (χ2n) is 30.4. The second kappa shape index (κ2) is 41.6. The Hall–Kier alpha value is -12.1. The molecule has 17 heteroatoms. The summed E-state index contributed by atoms with van der Waals surface area (Å²) in [6.45, 7) is 14.3. The van der Waals surface area contributed by atoms with Crippen molar-refractivity contribution in [3.63, 3.8) is 0 Å². The van der Waals surface area contributed by atoms with Crippen molar-refractivity contribution in [3.8, 4) is 51.7 Å².